The van der Waals surface area contributed by atoms with Gasteiger partial charge in [0.15, 0.2) is 0 Å². The highest BCUT2D eigenvalue weighted by molar-refractivity contribution is 5.98. The van der Waals surface area contributed by atoms with E-state index in [0.29, 0.717) is 55.3 Å². The van der Waals surface area contributed by atoms with Gasteiger partial charge in [-0.15, -0.1) is 0 Å². The van der Waals surface area contributed by atoms with Crippen molar-refractivity contribution in [2.75, 3.05) is 26.7 Å². The number of rotatable bonds is 8. The number of hydrogen-bond acceptors (Lipinski definition) is 4. The Morgan fingerprint density at radius 2 is 1.61 bits per heavy atom. The number of ether oxygens (including phenoxy) is 1. The number of benzene rings is 2. The number of piperidine rings is 1. The number of hydrogen-bond donors (Lipinski definition) is 2. The lowest BCUT2D eigenvalue weighted by molar-refractivity contribution is -0.124. The van der Waals surface area contributed by atoms with Gasteiger partial charge >= 0.3 is 0 Å². The monoisotopic (exact) mass is 451 g/mol. The summed E-state index contributed by atoms with van der Waals surface area (Å²) in [7, 11) is 1.57. The maximum Gasteiger partial charge on any atom is 0.253 e. The summed E-state index contributed by atoms with van der Waals surface area (Å²) in [4.78, 5) is 40.5. The van der Waals surface area contributed by atoms with Crippen molar-refractivity contribution < 1.29 is 19.1 Å². The highest BCUT2D eigenvalue weighted by Gasteiger charge is 2.34. The number of amides is 3. The first-order chi connectivity index (χ1) is 15.9. The summed E-state index contributed by atoms with van der Waals surface area (Å²) >= 11 is 0. The van der Waals surface area contributed by atoms with Crippen LogP contribution in [0.4, 0.5) is 0 Å². The third kappa shape index (κ3) is 6.57. The van der Waals surface area contributed by atoms with E-state index in [4.69, 9.17) is 4.74 Å². The molecular formula is C26H33N3O4. The second-order valence-electron chi connectivity index (χ2n) is 8.81. The van der Waals surface area contributed by atoms with Crippen LogP contribution < -0.4 is 15.4 Å². The van der Waals surface area contributed by atoms with Gasteiger partial charge in [0.05, 0.1) is 7.11 Å². The fourth-order valence-electron chi connectivity index (χ4n) is 3.98. The van der Waals surface area contributed by atoms with Crippen molar-refractivity contribution in [2.24, 2.45) is 11.8 Å². The van der Waals surface area contributed by atoms with Crippen LogP contribution in [0.5, 0.6) is 5.75 Å². The molecule has 1 atom stereocenters. The molecule has 1 unspecified atom stereocenters. The standard InChI is InChI=1S/C26H33N3O4/c1-18(2)17-27-25(31)23(28-24(30)20-9-11-22(33-3)12-10-20)19-13-15-29(16-14-19)26(32)21-7-5-4-6-8-21/h4-12,18-19,23H,13-17H2,1-3H3,(H,27,31)(H,28,30). The fraction of sp³-hybridized carbons (Fsp3) is 0.423. The zero-order valence-electron chi connectivity index (χ0n) is 19.5. The van der Waals surface area contributed by atoms with Crippen LogP contribution in [-0.4, -0.2) is 55.4 Å². The highest BCUT2D eigenvalue weighted by atomic mass is 16.5. The summed E-state index contributed by atoms with van der Waals surface area (Å²) in [6.45, 7) is 5.69. The summed E-state index contributed by atoms with van der Waals surface area (Å²) in [6.07, 6.45) is 1.28. The molecule has 0 saturated carbocycles. The zero-order valence-corrected chi connectivity index (χ0v) is 19.5. The number of carbonyl (C=O) groups excluding carboxylic acids is 3. The predicted molar refractivity (Wildman–Crippen MR) is 127 cm³/mol. The van der Waals surface area contributed by atoms with Gasteiger partial charge in [0.1, 0.15) is 11.8 Å². The minimum absolute atomic E-state index is 0.00266. The van der Waals surface area contributed by atoms with E-state index in [1.807, 2.05) is 49.1 Å². The van der Waals surface area contributed by atoms with E-state index in [9.17, 15) is 14.4 Å². The van der Waals surface area contributed by atoms with Crippen LogP contribution in [-0.2, 0) is 4.79 Å². The van der Waals surface area contributed by atoms with Crippen molar-refractivity contribution in [3.05, 3.63) is 65.7 Å². The maximum atomic E-state index is 13.0. The van der Waals surface area contributed by atoms with Crippen LogP contribution in [0.1, 0.15) is 47.4 Å². The number of carbonyl (C=O) groups is 3. The Labute approximate surface area is 195 Å². The topological polar surface area (TPSA) is 87.7 Å². The second-order valence-corrected chi connectivity index (χ2v) is 8.81. The molecule has 1 heterocycles. The van der Waals surface area contributed by atoms with Crippen LogP contribution in [0, 0.1) is 11.8 Å². The van der Waals surface area contributed by atoms with Gasteiger partial charge in [-0.25, -0.2) is 0 Å². The van der Waals surface area contributed by atoms with E-state index in [0.717, 1.165) is 0 Å². The van der Waals surface area contributed by atoms with E-state index in [2.05, 4.69) is 10.6 Å². The van der Waals surface area contributed by atoms with Gasteiger partial charge in [0.25, 0.3) is 11.8 Å². The van der Waals surface area contributed by atoms with Crippen molar-refractivity contribution in [1.29, 1.82) is 0 Å². The lowest BCUT2D eigenvalue weighted by Crippen LogP contribution is -2.54. The van der Waals surface area contributed by atoms with E-state index in [1.54, 1.807) is 31.4 Å². The Kier molecular flexibility index (Phi) is 8.46. The SMILES string of the molecule is COc1ccc(C(=O)NC(C(=O)NCC(C)C)C2CCN(C(=O)c3ccccc3)CC2)cc1. The van der Waals surface area contributed by atoms with Gasteiger partial charge in [-0.1, -0.05) is 32.0 Å². The van der Waals surface area contributed by atoms with Crippen molar-refractivity contribution in [3.8, 4) is 5.75 Å². The van der Waals surface area contributed by atoms with Crippen molar-refractivity contribution in [2.45, 2.75) is 32.7 Å². The molecule has 2 aromatic carbocycles. The number of methoxy groups -OCH3 is 1. The Hall–Kier alpha value is -3.35. The van der Waals surface area contributed by atoms with Gasteiger partial charge in [-0.2, -0.15) is 0 Å². The van der Waals surface area contributed by atoms with Crippen LogP contribution in [0.25, 0.3) is 0 Å². The Morgan fingerprint density at radius 3 is 2.18 bits per heavy atom. The largest absolute Gasteiger partial charge is 0.497 e. The van der Waals surface area contributed by atoms with E-state index < -0.39 is 6.04 Å². The summed E-state index contributed by atoms with van der Waals surface area (Å²) in [5, 5.41) is 5.90. The molecule has 0 aromatic heterocycles. The third-order valence-corrected chi connectivity index (χ3v) is 5.92. The first-order valence-corrected chi connectivity index (χ1v) is 11.5. The molecule has 0 spiro atoms. The van der Waals surface area contributed by atoms with Crippen LogP contribution in [0.3, 0.4) is 0 Å². The van der Waals surface area contributed by atoms with Gasteiger partial charge < -0.3 is 20.3 Å². The normalized spacial score (nSPS) is 15.1. The van der Waals surface area contributed by atoms with Crippen molar-refractivity contribution in [3.63, 3.8) is 0 Å². The van der Waals surface area contributed by atoms with Crippen LogP contribution >= 0.6 is 0 Å². The van der Waals surface area contributed by atoms with Crippen LogP contribution in [0.15, 0.2) is 54.6 Å². The first-order valence-electron chi connectivity index (χ1n) is 11.5. The first kappa shape index (κ1) is 24.3. The molecule has 0 aliphatic carbocycles. The molecule has 33 heavy (non-hydrogen) atoms. The molecule has 7 nitrogen and oxygen atoms in total. The van der Waals surface area contributed by atoms with Gasteiger partial charge in [0, 0.05) is 30.8 Å². The van der Waals surface area contributed by atoms with Gasteiger partial charge in [-0.3, -0.25) is 14.4 Å². The molecule has 3 amide bonds. The predicted octanol–water partition coefficient (Wildman–Crippen LogP) is 3.12. The highest BCUT2D eigenvalue weighted by Crippen LogP contribution is 2.23. The maximum absolute atomic E-state index is 13.0. The van der Waals surface area contributed by atoms with Crippen molar-refractivity contribution in [1.82, 2.24) is 15.5 Å². The zero-order chi connectivity index (χ0) is 23.8. The van der Waals surface area contributed by atoms with Gasteiger partial charge in [-0.05, 0) is 61.1 Å². The second kappa shape index (κ2) is 11.5. The smallest absolute Gasteiger partial charge is 0.253 e. The summed E-state index contributed by atoms with van der Waals surface area (Å²) in [5.74, 6) is 0.422. The molecule has 2 aromatic rings. The molecule has 7 heteroatoms. The minimum Gasteiger partial charge on any atom is -0.497 e. The molecule has 0 bridgehead atoms. The molecule has 1 aliphatic rings. The average Bonchev–Trinajstić information content (AvgIpc) is 2.86. The van der Waals surface area contributed by atoms with E-state index in [-0.39, 0.29) is 23.6 Å². The lowest BCUT2D eigenvalue weighted by atomic mass is 9.88. The molecular weight excluding hydrogens is 418 g/mol. The van der Waals surface area contributed by atoms with E-state index >= 15 is 0 Å². The molecule has 176 valence electrons. The average molecular weight is 452 g/mol. The lowest BCUT2D eigenvalue weighted by Gasteiger charge is -2.36. The fourth-order valence-corrected chi connectivity index (χ4v) is 3.98. The van der Waals surface area contributed by atoms with Gasteiger partial charge in [0.2, 0.25) is 5.91 Å². The van der Waals surface area contributed by atoms with E-state index in [1.165, 1.54) is 0 Å². The number of likely N-dealkylation sites (tertiary alicyclic amines) is 1. The quantitative estimate of drug-likeness (QED) is 0.646. The number of nitrogens with zero attached hydrogens (tertiary/aromatic N) is 1. The third-order valence-electron chi connectivity index (χ3n) is 5.92. The molecule has 0 radical (unpaired) electrons. The molecule has 1 saturated heterocycles. The number of nitrogens with one attached hydrogen (secondary N) is 2. The Morgan fingerprint density at radius 1 is 0.970 bits per heavy atom. The molecule has 2 N–H and O–H groups in total. The Bertz CT molecular complexity index is 936. The molecule has 3 rings (SSSR count). The van der Waals surface area contributed by atoms with Crippen molar-refractivity contribution >= 4 is 17.7 Å². The molecule has 1 aliphatic heterocycles. The summed E-state index contributed by atoms with van der Waals surface area (Å²) in [6, 6.07) is 15.3. The molecule has 1 fully saturated rings. The minimum atomic E-state index is -0.660. The van der Waals surface area contributed by atoms with Crippen LogP contribution in [0.2, 0.25) is 0 Å². The summed E-state index contributed by atoms with van der Waals surface area (Å²) < 4.78 is 5.15. The Balaban J connectivity index is 1.68. The summed E-state index contributed by atoms with van der Waals surface area (Å²) in [5.41, 5.74) is 1.13.